The van der Waals surface area contributed by atoms with Crippen molar-refractivity contribution >= 4 is 23.7 Å². The molecule has 0 radical (unpaired) electrons. The van der Waals surface area contributed by atoms with E-state index in [1.54, 1.807) is 30.5 Å². The summed E-state index contributed by atoms with van der Waals surface area (Å²) in [5.74, 6) is -0.323. The van der Waals surface area contributed by atoms with E-state index in [1.807, 2.05) is 26.0 Å². The molecule has 0 unspecified atom stereocenters. The first-order valence-corrected chi connectivity index (χ1v) is 6.61. The summed E-state index contributed by atoms with van der Waals surface area (Å²) < 4.78 is 0. The maximum Gasteiger partial charge on any atom is 0.272 e. The van der Waals surface area contributed by atoms with Gasteiger partial charge >= 0.3 is 0 Å². The number of nitrogens with one attached hydrogen (secondary N) is 1. The zero-order chi connectivity index (χ0) is 14.5. The molecule has 0 aliphatic heterocycles. The Hall–Kier alpha value is -2.13. The van der Waals surface area contributed by atoms with Gasteiger partial charge in [0.2, 0.25) is 0 Å². The van der Waals surface area contributed by atoms with Crippen molar-refractivity contribution in [1.29, 1.82) is 0 Å². The van der Waals surface area contributed by atoms with Gasteiger partial charge in [0.25, 0.3) is 5.91 Å². The molecule has 2 aromatic rings. The molecule has 1 amide bonds. The molecule has 3 nitrogen and oxygen atoms in total. The highest BCUT2D eigenvalue weighted by Gasteiger charge is 2.07. The van der Waals surface area contributed by atoms with Gasteiger partial charge in [-0.2, -0.15) is 5.10 Å². The third-order valence-corrected chi connectivity index (χ3v) is 3.24. The Kier molecular flexibility index (Phi) is 4.53. The van der Waals surface area contributed by atoms with Gasteiger partial charge in [-0.15, -0.1) is 0 Å². The molecule has 2 aromatic carbocycles. The quantitative estimate of drug-likeness (QED) is 0.678. The highest BCUT2D eigenvalue weighted by Crippen LogP contribution is 2.14. The van der Waals surface area contributed by atoms with Crippen LogP contribution < -0.4 is 5.43 Å². The number of nitrogens with zero attached hydrogens (tertiary/aromatic N) is 1. The van der Waals surface area contributed by atoms with Crippen molar-refractivity contribution in [1.82, 2.24) is 5.43 Å². The van der Waals surface area contributed by atoms with Gasteiger partial charge in [0.1, 0.15) is 0 Å². The van der Waals surface area contributed by atoms with E-state index >= 15 is 0 Å². The van der Waals surface area contributed by atoms with E-state index in [0.717, 1.165) is 11.1 Å². The molecule has 102 valence electrons. The Morgan fingerprint density at radius 2 is 1.95 bits per heavy atom. The lowest BCUT2D eigenvalue weighted by Gasteiger charge is -2.03. The number of hydrazone groups is 1. The van der Waals surface area contributed by atoms with Crippen LogP contribution in [0.5, 0.6) is 0 Å². The summed E-state index contributed by atoms with van der Waals surface area (Å²) >= 11 is 5.94. The summed E-state index contributed by atoms with van der Waals surface area (Å²) in [5.41, 5.74) is 6.16. The van der Waals surface area contributed by atoms with E-state index in [9.17, 15) is 4.79 Å². The summed E-state index contributed by atoms with van der Waals surface area (Å²) in [6.45, 7) is 4.04. The van der Waals surface area contributed by atoms with Gasteiger partial charge in [-0.3, -0.25) is 4.79 Å². The van der Waals surface area contributed by atoms with Gasteiger partial charge in [0.15, 0.2) is 0 Å². The van der Waals surface area contributed by atoms with E-state index in [4.69, 9.17) is 11.6 Å². The van der Waals surface area contributed by atoms with Crippen LogP contribution in [0.15, 0.2) is 47.6 Å². The summed E-state index contributed by atoms with van der Waals surface area (Å²) in [6.07, 6.45) is 1.63. The molecule has 4 heteroatoms. The topological polar surface area (TPSA) is 41.5 Å². The van der Waals surface area contributed by atoms with Crippen molar-refractivity contribution in [3.63, 3.8) is 0 Å². The third kappa shape index (κ3) is 3.45. The largest absolute Gasteiger partial charge is 0.272 e. The van der Waals surface area contributed by atoms with Crippen LogP contribution in [0.1, 0.15) is 27.0 Å². The van der Waals surface area contributed by atoms with Crippen LogP contribution in [0.3, 0.4) is 0 Å². The average Bonchev–Trinajstić information content (AvgIpc) is 2.41. The summed E-state index contributed by atoms with van der Waals surface area (Å²) in [6, 6.07) is 12.9. The van der Waals surface area contributed by atoms with Crippen molar-refractivity contribution in [3.8, 4) is 0 Å². The van der Waals surface area contributed by atoms with E-state index in [-0.39, 0.29) is 5.91 Å². The van der Waals surface area contributed by atoms with Gasteiger partial charge in [0.05, 0.1) is 16.8 Å². The number of rotatable bonds is 3. The second kappa shape index (κ2) is 6.35. The molecule has 0 heterocycles. The second-order valence-corrected chi connectivity index (χ2v) is 4.95. The van der Waals surface area contributed by atoms with Gasteiger partial charge in [-0.05, 0) is 37.1 Å². The third-order valence-electron chi connectivity index (χ3n) is 2.91. The van der Waals surface area contributed by atoms with Crippen LogP contribution in [0, 0.1) is 13.8 Å². The molecule has 20 heavy (non-hydrogen) atoms. The normalized spacial score (nSPS) is 10.8. The number of aryl methyl sites for hydroxylation is 2. The Labute approximate surface area is 123 Å². The number of carbonyl (C=O) groups excluding carboxylic acids is 1. The molecule has 0 aromatic heterocycles. The molecule has 0 saturated heterocycles. The lowest BCUT2D eigenvalue weighted by molar-refractivity contribution is 0.0955. The summed E-state index contributed by atoms with van der Waals surface area (Å²) in [7, 11) is 0. The lowest BCUT2D eigenvalue weighted by Crippen LogP contribution is -2.18. The molecule has 0 aliphatic rings. The molecule has 0 saturated carbocycles. The Morgan fingerprint density at radius 3 is 2.65 bits per heavy atom. The van der Waals surface area contributed by atoms with Crippen LogP contribution in [-0.4, -0.2) is 12.1 Å². The molecule has 1 N–H and O–H groups in total. The number of halogens is 1. The fourth-order valence-corrected chi connectivity index (χ4v) is 2.06. The summed E-state index contributed by atoms with van der Waals surface area (Å²) in [4.78, 5) is 11.9. The average molecular weight is 287 g/mol. The van der Waals surface area contributed by atoms with Crippen molar-refractivity contribution in [3.05, 3.63) is 69.7 Å². The van der Waals surface area contributed by atoms with E-state index in [2.05, 4.69) is 16.6 Å². The highest BCUT2D eigenvalue weighted by molar-refractivity contribution is 6.33. The second-order valence-electron chi connectivity index (χ2n) is 4.54. The number of carbonyl (C=O) groups is 1. The number of benzene rings is 2. The first-order chi connectivity index (χ1) is 9.58. The standard InChI is InChI=1S/C16H15ClN2O/c1-11-7-8-13(12(2)9-11)10-18-19-16(20)14-5-3-4-6-15(14)17/h3-10H,1-2H3,(H,19,20). The minimum atomic E-state index is -0.323. The summed E-state index contributed by atoms with van der Waals surface area (Å²) in [5, 5.41) is 4.38. The molecular formula is C16H15ClN2O. The number of hydrogen-bond acceptors (Lipinski definition) is 2. The SMILES string of the molecule is Cc1ccc(C=NNC(=O)c2ccccc2Cl)c(C)c1. The van der Waals surface area contributed by atoms with Crippen LogP contribution >= 0.6 is 11.6 Å². The van der Waals surface area contributed by atoms with E-state index in [1.165, 1.54) is 5.56 Å². The number of amides is 1. The van der Waals surface area contributed by atoms with Gasteiger partial charge in [0, 0.05) is 0 Å². The first-order valence-electron chi connectivity index (χ1n) is 6.23. The maximum atomic E-state index is 11.9. The smallest absolute Gasteiger partial charge is 0.267 e. The fourth-order valence-electron chi connectivity index (χ4n) is 1.84. The van der Waals surface area contributed by atoms with Gasteiger partial charge < -0.3 is 0 Å². The van der Waals surface area contributed by atoms with Crippen LogP contribution in [0.25, 0.3) is 0 Å². The molecule has 0 aliphatic carbocycles. The monoisotopic (exact) mass is 286 g/mol. The van der Waals surface area contributed by atoms with Crippen molar-refractivity contribution in [2.24, 2.45) is 5.10 Å². The highest BCUT2D eigenvalue weighted by atomic mass is 35.5. The minimum Gasteiger partial charge on any atom is -0.267 e. The fraction of sp³-hybridized carbons (Fsp3) is 0.125. The maximum absolute atomic E-state index is 11.9. The van der Waals surface area contributed by atoms with Crippen LogP contribution in [-0.2, 0) is 0 Å². The molecule has 0 atom stereocenters. The Morgan fingerprint density at radius 1 is 1.20 bits per heavy atom. The molecule has 0 fully saturated rings. The van der Waals surface area contributed by atoms with Gasteiger partial charge in [-0.25, -0.2) is 5.43 Å². The van der Waals surface area contributed by atoms with Crippen LogP contribution in [0.2, 0.25) is 5.02 Å². The zero-order valence-electron chi connectivity index (χ0n) is 11.4. The Bertz CT molecular complexity index is 665. The molecule has 0 spiro atoms. The van der Waals surface area contributed by atoms with Gasteiger partial charge in [-0.1, -0.05) is 47.5 Å². The molecule has 2 rings (SSSR count). The number of hydrogen-bond donors (Lipinski definition) is 1. The first kappa shape index (κ1) is 14.3. The van der Waals surface area contributed by atoms with E-state index in [0.29, 0.717) is 10.6 Å². The van der Waals surface area contributed by atoms with E-state index < -0.39 is 0 Å². The predicted octanol–water partition coefficient (Wildman–Crippen LogP) is 3.72. The lowest BCUT2D eigenvalue weighted by atomic mass is 10.1. The molecule has 0 bridgehead atoms. The van der Waals surface area contributed by atoms with Crippen molar-refractivity contribution in [2.45, 2.75) is 13.8 Å². The van der Waals surface area contributed by atoms with Crippen molar-refractivity contribution in [2.75, 3.05) is 0 Å². The Balaban J connectivity index is 2.07. The zero-order valence-corrected chi connectivity index (χ0v) is 12.1. The minimum absolute atomic E-state index is 0.323. The van der Waals surface area contributed by atoms with Crippen molar-refractivity contribution < 1.29 is 4.79 Å². The molecular weight excluding hydrogens is 272 g/mol. The van der Waals surface area contributed by atoms with Crippen LogP contribution in [0.4, 0.5) is 0 Å². The predicted molar refractivity (Wildman–Crippen MR) is 82.4 cm³/mol.